The van der Waals surface area contributed by atoms with Gasteiger partial charge in [-0.05, 0) is 35.0 Å². The van der Waals surface area contributed by atoms with Crippen molar-refractivity contribution < 1.29 is 19.1 Å². The Balaban J connectivity index is 1.62. The highest BCUT2D eigenvalue weighted by atomic mass is 32.1. The van der Waals surface area contributed by atoms with Gasteiger partial charge >= 0.3 is 6.03 Å². The van der Waals surface area contributed by atoms with Gasteiger partial charge in [-0.1, -0.05) is 0 Å². The molecular weight excluding hydrogens is 386 g/mol. The van der Waals surface area contributed by atoms with Crippen molar-refractivity contribution in [3.63, 3.8) is 0 Å². The molecule has 7 nitrogen and oxygen atoms in total. The van der Waals surface area contributed by atoms with E-state index in [0.717, 1.165) is 10.4 Å². The van der Waals surface area contributed by atoms with Gasteiger partial charge in [-0.3, -0.25) is 4.79 Å². The van der Waals surface area contributed by atoms with Crippen LogP contribution in [0.5, 0.6) is 11.5 Å². The third-order valence-corrected chi connectivity index (χ3v) is 5.72. The number of thiophene rings is 2. The molecule has 1 aliphatic rings. The molecule has 138 valence electrons. The predicted molar refractivity (Wildman–Crippen MR) is 106 cm³/mol. The van der Waals surface area contributed by atoms with Crippen molar-refractivity contribution >= 4 is 46.0 Å². The fourth-order valence-corrected chi connectivity index (χ4v) is 4.28. The Morgan fingerprint density at radius 1 is 1.07 bits per heavy atom. The summed E-state index contributed by atoms with van der Waals surface area (Å²) in [6.45, 7) is 0.169. The first-order valence-electron chi connectivity index (χ1n) is 8.00. The maximum Gasteiger partial charge on any atom is 0.319 e. The molecule has 3 heterocycles. The van der Waals surface area contributed by atoms with Crippen LogP contribution in [0.2, 0.25) is 0 Å². The van der Waals surface area contributed by atoms with Crippen LogP contribution in [0.15, 0.2) is 41.1 Å². The summed E-state index contributed by atoms with van der Waals surface area (Å²) in [6.07, 6.45) is 0. The van der Waals surface area contributed by atoms with Crippen LogP contribution in [0.25, 0.3) is 10.4 Å². The zero-order chi connectivity index (χ0) is 18.8. The van der Waals surface area contributed by atoms with E-state index in [9.17, 15) is 9.59 Å². The Labute approximate surface area is 162 Å². The van der Waals surface area contributed by atoms with E-state index in [4.69, 9.17) is 9.47 Å². The molecular formula is C18H15N3O4S2. The fraction of sp³-hybridized carbons (Fsp3) is 0.111. The van der Waals surface area contributed by atoms with Gasteiger partial charge in [0.1, 0.15) is 4.88 Å². The van der Waals surface area contributed by atoms with Crippen LogP contribution >= 0.6 is 22.7 Å². The molecule has 3 N–H and O–H groups in total. The SMILES string of the molecule is CNC(=O)Nc1cc(-c2ccsc2)sc1C(=O)Nc1ccc2c(c1)OCO2. The highest BCUT2D eigenvalue weighted by Crippen LogP contribution is 2.37. The highest BCUT2D eigenvalue weighted by molar-refractivity contribution is 7.18. The molecule has 0 bridgehead atoms. The van der Waals surface area contributed by atoms with Gasteiger partial charge in [0.25, 0.3) is 5.91 Å². The molecule has 1 aliphatic heterocycles. The molecule has 0 unspecified atom stereocenters. The molecule has 3 aromatic rings. The number of amides is 3. The van der Waals surface area contributed by atoms with E-state index in [0.29, 0.717) is 27.8 Å². The minimum absolute atomic E-state index is 0.169. The zero-order valence-electron chi connectivity index (χ0n) is 14.2. The van der Waals surface area contributed by atoms with Gasteiger partial charge < -0.3 is 25.4 Å². The second kappa shape index (κ2) is 7.29. The van der Waals surface area contributed by atoms with Crippen molar-refractivity contribution in [3.05, 3.63) is 46.0 Å². The van der Waals surface area contributed by atoms with Gasteiger partial charge in [0, 0.05) is 29.2 Å². The largest absolute Gasteiger partial charge is 0.454 e. The number of fused-ring (bicyclic) bond motifs is 1. The summed E-state index contributed by atoms with van der Waals surface area (Å²) in [5.74, 6) is 0.916. The van der Waals surface area contributed by atoms with Crippen molar-refractivity contribution in [1.29, 1.82) is 0 Å². The minimum Gasteiger partial charge on any atom is -0.454 e. The fourth-order valence-electron chi connectivity index (χ4n) is 2.55. The molecule has 0 spiro atoms. The molecule has 3 amide bonds. The van der Waals surface area contributed by atoms with E-state index < -0.39 is 0 Å². The number of hydrogen-bond donors (Lipinski definition) is 3. The number of carbonyl (C=O) groups excluding carboxylic acids is 2. The summed E-state index contributed by atoms with van der Waals surface area (Å²) >= 11 is 2.89. The molecule has 0 aliphatic carbocycles. The Kier molecular flexibility index (Phi) is 4.69. The Hall–Kier alpha value is -3.04. The highest BCUT2D eigenvalue weighted by Gasteiger charge is 2.20. The molecule has 2 aromatic heterocycles. The van der Waals surface area contributed by atoms with Crippen LogP contribution in [0, 0.1) is 0 Å². The van der Waals surface area contributed by atoms with Crippen molar-refractivity contribution in [2.24, 2.45) is 0 Å². The lowest BCUT2D eigenvalue weighted by atomic mass is 10.2. The standard InChI is InChI=1S/C18H15N3O4S2/c1-19-18(23)21-12-7-15(10-4-5-26-8-10)27-16(12)17(22)20-11-2-3-13-14(6-11)25-9-24-13/h2-8H,9H2,1H3,(H,20,22)(H2,19,21,23). The number of hydrogen-bond acceptors (Lipinski definition) is 6. The summed E-state index contributed by atoms with van der Waals surface area (Å²) in [5, 5.41) is 12.0. The molecule has 4 rings (SSSR count). The maximum atomic E-state index is 12.8. The first kappa shape index (κ1) is 17.4. The predicted octanol–water partition coefficient (Wildman–Crippen LogP) is 4.21. The normalized spacial score (nSPS) is 11.9. The van der Waals surface area contributed by atoms with Crippen molar-refractivity contribution in [2.45, 2.75) is 0 Å². The molecule has 27 heavy (non-hydrogen) atoms. The summed E-state index contributed by atoms with van der Waals surface area (Å²) in [5.41, 5.74) is 2.05. The van der Waals surface area contributed by atoms with Crippen LogP contribution in [-0.4, -0.2) is 25.8 Å². The van der Waals surface area contributed by atoms with Crippen molar-refractivity contribution in [1.82, 2.24) is 5.32 Å². The van der Waals surface area contributed by atoms with Crippen LogP contribution in [-0.2, 0) is 0 Å². The van der Waals surface area contributed by atoms with E-state index in [1.807, 2.05) is 16.8 Å². The van der Waals surface area contributed by atoms with Crippen LogP contribution in [0.1, 0.15) is 9.67 Å². The Bertz CT molecular complexity index is 998. The van der Waals surface area contributed by atoms with E-state index in [-0.39, 0.29) is 18.7 Å². The Morgan fingerprint density at radius 3 is 2.70 bits per heavy atom. The van der Waals surface area contributed by atoms with Gasteiger partial charge in [0.2, 0.25) is 6.79 Å². The van der Waals surface area contributed by atoms with E-state index >= 15 is 0 Å². The van der Waals surface area contributed by atoms with Crippen molar-refractivity contribution in [3.8, 4) is 21.9 Å². The second-order valence-corrected chi connectivity index (χ2v) is 7.42. The molecule has 0 radical (unpaired) electrons. The summed E-state index contributed by atoms with van der Waals surface area (Å²) in [4.78, 5) is 25.9. The van der Waals surface area contributed by atoms with Crippen molar-refractivity contribution in [2.75, 3.05) is 24.5 Å². The number of anilines is 2. The summed E-state index contributed by atoms with van der Waals surface area (Å²) in [6, 6.07) is 8.58. The smallest absolute Gasteiger partial charge is 0.319 e. The number of urea groups is 1. The average molecular weight is 401 g/mol. The van der Waals surface area contributed by atoms with E-state index in [1.54, 1.807) is 35.6 Å². The molecule has 0 fully saturated rings. The van der Waals surface area contributed by atoms with E-state index in [1.165, 1.54) is 18.4 Å². The number of rotatable bonds is 4. The van der Waals surface area contributed by atoms with Crippen LogP contribution < -0.4 is 25.4 Å². The molecule has 1 aromatic carbocycles. The van der Waals surface area contributed by atoms with Gasteiger partial charge in [-0.15, -0.1) is 11.3 Å². The lowest BCUT2D eigenvalue weighted by molar-refractivity contribution is 0.103. The van der Waals surface area contributed by atoms with E-state index in [2.05, 4.69) is 16.0 Å². The van der Waals surface area contributed by atoms with Crippen LogP contribution in [0.4, 0.5) is 16.2 Å². The molecule has 0 saturated heterocycles. The first-order chi connectivity index (χ1) is 13.1. The topological polar surface area (TPSA) is 88.7 Å². The van der Waals surface area contributed by atoms with Gasteiger partial charge in [-0.2, -0.15) is 11.3 Å². The molecule has 0 saturated carbocycles. The Morgan fingerprint density at radius 2 is 1.93 bits per heavy atom. The lowest BCUT2D eigenvalue weighted by Gasteiger charge is -2.08. The molecule has 9 heteroatoms. The third kappa shape index (κ3) is 3.60. The maximum absolute atomic E-state index is 12.8. The van der Waals surface area contributed by atoms with Crippen LogP contribution in [0.3, 0.4) is 0 Å². The van der Waals surface area contributed by atoms with Gasteiger partial charge in [0.15, 0.2) is 11.5 Å². The average Bonchev–Trinajstić information content (AvgIpc) is 3.41. The molecule has 0 atom stereocenters. The summed E-state index contributed by atoms with van der Waals surface area (Å²) in [7, 11) is 1.52. The first-order valence-corrected chi connectivity index (χ1v) is 9.76. The number of nitrogens with one attached hydrogen (secondary N) is 3. The second-order valence-electron chi connectivity index (χ2n) is 5.59. The summed E-state index contributed by atoms with van der Waals surface area (Å²) < 4.78 is 10.6. The van der Waals surface area contributed by atoms with Gasteiger partial charge in [0.05, 0.1) is 5.69 Å². The lowest BCUT2D eigenvalue weighted by Crippen LogP contribution is -2.25. The minimum atomic E-state index is -0.387. The monoisotopic (exact) mass is 401 g/mol. The number of benzene rings is 1. The third-order valence-electron chi connectivity index (χ3n) is 3.85. The number of carbonyl (C=O) groups is 2. The number of ether oxygens (including phenoxy) is 2. The van der Waals surface area contributed by atoms with Gasteiger partial charge in [-0.25, -0.2) is 4.79 Å². The quantitative estimate of drug-likeness (QED) is 0.611. The zero-order valence-corrected chi connectivity index (χ0v) is 15.8.